The number of nitrogens with one attached hydrogen (secondary N) is 1. The van der Waals surface area contributed by atoms with E-state index in [9.17, 15) is 0 Å². The van der Waals surface area contributed by atoms with Gasteiger partial charge in [0.15, 0.2) is 0 Å². The zero-order chi connectivity index (χ0) is 11.1. The molecule has 1 aromatic carbocycles. The lowest BCUT2D eigenvalue weighted by Crippen LogP contribution is -1.91. The van der Waals surface area contributed by atoms with Crippen molar-refractivity contribution in [3.8, 4) is 0 Å². The predicted molar refractivity (Wildman–Crippen MR) is 68.8 cm³/mol. The van der Waals surface area contributed by atoms with Gasteiger partial charge in [0.05, 0.1) is 0 Å². The molecule has 0 radical (unpaired) electrons. The number of benzene rings is 1. The van der Waals surface area contributed by atoms with Crippen molar-refractivity contribution in [3.05, 3.63) is 35.5 Å². The van der Waals surface area contributed by atoms with Crippen LogP contribution in [0, 0.1) is 12.8 Å². The zero-order valence-corrected chi connectivity index (χ0v) is 10.1. The van der Waals surface area contributed by atoms with Crippen molar-refractivity contribution in [2.45, 2.75) is 39.0 Å². The number of aromatic amines is 1. The van der Waals surface area contributed by atoms with E-state index >= 15 is 0 Å². The highest BCUT2D eigenvalue weighted by Gasteiger charge is 2.24. The van der Waals surface area contributed by atoms with Gasteiger partial charge in [0, 0.05) is 17.1 Å². The van der Waals surface area contributed by atoms with E-state index in [0.29, 0.717) is 0 Å². The fourth-order valence-corrected chi connectivity index (χ4v) is 3.15. The second kappa shape index (κ2) is 3.65. The monoisotopic (exact) mass is 213 g/mol. The van der Waals surface area contributed by atoms with E-state index in [0.717, 1.165) is 11.8 Å². The van der Waals surface area contributed by atoms with Crippen molar-refractivity contribution in [3.63, 3.8) is 0 Å². The summed E-state index contributed by atoms with van der Waals surface area (Å²) in [5.74, 6) is 1.69. The second-order valence-electron chi connectivity index (χ2n) is 5.36. The first-order valence-electron chi connectivity index (χ1n) is 6.32. The summed E-state index contributed by atoms with van der Waals surface area (Å²) in [5, 5.41) is 1.44. The molecule has 3 rings (SSSR count). The van der Waals surface area contributed by atoms with E-state index < -0.39 is 0 Å². The quantitative estimate of drug-likeness (QED) is 0.723. The Hall–Kier alpha value is -1.24. The number of aryl methyl sites for hydroxylation is 1. The summed E-state index contributed by atoms with van der Waals surface area (Å²) in [6, 6.07) is 6.62. The molecule has 1 aliphatic carbocycles. The largest absolute Gasteiger partial charge is 0.361 e. The molecule has 1 N–H and O–H groups in total. The number of para-hydroxylation sites is 1. The lowest BCUT2D eigenvalue weighted by Gasteiger charge is -2.08. The fourth-order valence-electron chi connectivity index (χ4n) is 3.15. The molecule has 1 heteroatoms. The molecule has 0 amide bonds. The molecule has 1 nitrogen and oxygen atoms in total. The Kier molecular flexibility index (Phi) is 2.27. The number of fused-ring (bicyclic) bond motifs is 1. The summed E-state index contributed by atoms with van der Waals surface area (Å²) >= 11 is 0. The Morgan fingerprint density at radius 2 is 2.12 bits per heavy atom. The van der Waals surface area contributed by atoms with Gasteiger partial charge in [0.2, 0.25) is 0 Å². The van der Waals surface area contributed by atoms with E-state index in [1.54, 1.807) is 5.56 Å². The number of H-pyrrole nitrogens is 1. The van der Waals surface area contributed by atoms with Crippen molar-refractivity contribution >= 4 is 10.9 Å². The Bertz CT molecular complexity index is 509. The van der Waals surface area contributed by atoms with Crippen molar-refractivity contribution in [1.82, 2.24) is 4.98 Å². The van der Waals surface area contributed by atoms with Gasteiger partial charge in [0.25, 0.3) is 0 Å². The van der Waals surface area contributed by atoms with Crippen molar-refractivity contribution in [2.75, 3.05) is 0 Å². The van der Waals surface area contributed by atoms with Gasteiger partial charge >= 0.3 is 0 Å². The standard InChI is InChI=1S/C15H19N/c1-10-6-7-12(8-10)14-9-16-15-11(2)4-3-5-13(14)15/h3-5,9-10,12,16H,6-8H2,1-2H3. The summed E-state index contributed by atoms with van der Waals surface area (Å²) in [6.45, 7) is 4.56. The summed E-state index contributed by atoms with van der Waals surface area (Å²) in [6.07, 6.45) is 6.35. The first kappa shape index (κ1) is 9.95. The molecule has 2 aromatic rings. The Morgan fingerprint density at radius 1 is 1.25 bits per heavy atom. The van der Waals surface area contributed by atoms with Gasteiger partial charge < -0.3 is 4.98 Å². The summed E-state index contributed by atoms with van der Waals surface area (Å²) < 4.78 is 0. The van der Waals surface area contributed by atoms with Crippen LogP contribution in [0.2, 0.25) is 0 Å². The molecule has 1 saturated carbocycles. The van der Waals surface area contributed by atoms with Crippen LogP contribution in [0.1, 0.15) is 43.2 Å². The molecule has 1 heterocycles. The van der Waals surface area contributed by atoms with E-state index in [-0.39, 0.29) is 0 Å². The highest BCUT2D eigenvalue weighted by atomic mass is 14.7. The summed E-state index contributed by atoms with van der Waals surface area (Å²) in [4.78, 5) is 3.45. The number of hydrogen-bond acceptors (Lipinski definition) is 0. The maximum atomic E-state index is 3.45. The topological polar surface area (TPSA) is 15.8 Å². The van der Waals surface area contributed by atoms with Crippen LogP contribution < -0.4 is 0 Å². The van der Waals surface area contributed by atoms with Crippen LogP contribution in [0.15, 0.2) is 24.4 Å². The van der Waals surface area contributed by atoms with Gasteiger partial charge in [-0.2, -0.15) is 0 Å². The highest BCUT2D eigenvalue weighted by molar-refractivity contribution is 5.86. The maximum absolute atomic E-state index is 3.45. The molecule has 0 saturated heterocycles. The molecule has 0 spiro atoms. The molecule has 2 unspecified atom stereocenters. The minimum atomic E-state index is 0.783. The third-order valence-electron chi connectivity index (χ3n) is 4.09. The Labute approximate surface area is 96.9 Å². The van der Waals surface area contributed by atoms with Crippen LogP contribution in [0.5, 0.6) is 0 Å². The van der Waals surface area contributed by atoms with Crippen LogP contribution in [0.25, 0.3) is 10.9 Å². The Balaban J connectivity index is 2.08. The van der Waals surface area contributed by atoms with Crippen molar-refractivity contribution < 1.29 is 0 Å². The molecule has 16 heavy (non-hydrogen) atoms. The minimum Gasteiger partial charge on any atom is -0.361 e. The SMILES string of the molecule is Cc1cccc2c(C3CCC(C)C3)c[nH]c12. The van der Waals surface area contributed by atoms with Crippen molar-refractivity contribution in [1.29, 1.82) is 0 Å². The van der Waals surface area contributed by atoms with E-state index in [4.69, 9.17) is 0 Å². The normalized spacial score (nSPS) is 25.4. The van der Waals surface area contributed by atoms with Crippen LogP contribution >= 0.6 is 0 Å². The van der Waals surface area contributed by atoms with Crippen molar-refractivity contribution in [2.24, 2.45) is 5.92 Å². The molecule has 0 aliphatic heterocycles. The molecule has 84 valence electrons. The fraction of sp³-hybridized carbons (Fsp3) is 0.467. The van der Waals surface area contributed by atoms with E-state index in [1.165, 1.54) is 35.7 Å². The zero-order valence-electron chi connectivity index (χ0n) is 10.1. The molecule has 0 bridgehead atoms. The van der Waals surface area contributed by atoms with Crippen LogP contribution in [0.3, 0.4) is 0 Å². The van der Waals surface area contributed by atoms with Crippen LogP contribution in [-0.4, -0.2) is 4.98 Å². The molecule has 2 atom stereocenters. The van der Waals surface area contributed by atoms with Gasteiger partial charge in [-0.15, -0.1) is 0 Å². The maximum Gasteiger partial charge on any atom is 0.0486 e. The second-order valence-corrected chi connectivity index (χ2v) is 5.36. The highest BCUT2D eigenvalue weighted by Crippen LogP contribution is 2.40. The molecular formula is C15H19N. The molecule has 1 aromatic heterocycles. The van der Waals surface area contributed by atoms with Gasteiger partial charge in [-0.1, -0.05) is 31.5 Å². The number of aromatic nitrogens is 1. The number of hydrogen-bond donors (Lipinski definition) is 1. The lowest BCUT2D eigenvalue weighted by atomic mass is 9.95. The first-order chi connectivity index (χ1) is 7.75. The third-order valence-corrected chi connectivity index (χ3v) is 4.09. The molecular weight excluding hydrogens is 194 g/mol. The van der Waals surface area contributed by atoms with Gasteiger partial charge in [-0.05, 0) is 42.7 Å². The number of rotatable bonds is 1. The predicted octanol–water partition coefficient (Wildman–Crippen LogP) is 4.38. The van der Waals surface area contributed by atoms with E-state index in [2.05, 4.69) is 43.2 Å². The van der Waals surface area contributed by atoms with E-state index in [1.807, 2.05) is 0 Å². The van der Waals surface area contributed by atoms with Gasteiger partial charge in [-0.3, -0.25) is 0 Å². The van der Waals surface area contributed by atoms with Crippen LogP contribution in [-0.2, 0) is 0 Å². The lowest BCUT2D eigenvalue weighted by molar-refractivity contribution is 0.597. The summed E-state index contributed by atoms with van der Waals surface area (Å²) in [5.41, 5.74) is 4.23. The van der Waals surface area contributed by atoms with Gasteiger partial charge in [-0.25, -0.2) is 0 Å². The molecule has 1 aliphatic rings. The average molecular weight is 213 g/mol. The average Bonchev–Trinajstić information content (AvgIpc) is 2.84. The third kappa shape index (κ3) is 1.46. The Morgan fingerprint density at radius 3 is 2.88 bits per heavy atom. The van der Waals surface area contributed by atoms with Crippen LogP contribution in [0.4, 0.5) is 0 Å². The first-order valence-corrected chi connectivity index (χ1v) is 6.32. The minimum absolute atomic E-state index is 0.783. The smallest absolute Gasteiger partial charge is 0.0486 e. The summed E-state index contributed by atoms with van der Waals surface area (Å²) in [7, 11) is 0. The molecule has 1 fully saturated rings. The van der Waals surface area contributed by atoms with Gasteiger partial charge in [0.1, 0.15) is 0 Å².